The highest BCUT2D eigenvalue weighted by Crippen LogP contribution is 2.32. The molecule has 2 nitrogen and oxygen atoms in total. The van der Waals surface area contributed by atoms with E-state index in [9.17, 15) is 0 Å². The zero-order valence-corrected chi connectivity index (χ0v) is 10.4. The van der Waals surface area contributed by atoms with Crippen LogP contribution < -0.4 is 0 Å². The maximum absolute atomic E-state index is 4.75. The fourth-order valence-corrected chi connectivity index (χ4v) is 2.67. The Morgan fingerprint density at radius 2 is 1.87 bits per heavy atom. The summed E-state index contributed by atoms with van der Waals surface area (Å²) in [5, 5.41) is 4.75. The zero-order valence-electron chi connectivity index (χ0n) is 10.4. The Hall–Kier alpha value is -0.790. The van der Waals surface area contributed by atoms with Gasteiger partial charge >= 0.3 is 0 Å². The Bertz CT molecular complexity index is 355. The zero-order chi connectivity index (χ0) is 11.1. The highest BCUT2D eigenvalue weighted by molar-refractivity contribution is 5.33. The van der Waals surface area contributed by atoms with Crippen LogP contribution in [0.15, 0.2) is 0 Å². The molecule has 0 atom stereocenters. The van der Waals surface area contributed by atoms with Gasteiger partial charge in [-0.1, -0.05) is 20.8 Å². The van der Waals surface area contributed by atoms with Gasteiger partial charge in [0, 0.05) is 17.7 Å². The lowest BCUT2D eigenvalue weighted by atomic mass is 9.84. The Morgan fingerprint density at radius 1 is 1.20 bits per heavy atom. The third-order valence-electron chi connectivity index (χ3n) is 3.23. The number of hydrogen-bond donors (Lipinski definition) is 0. The van der Waals surface area contributed by atoms with Gasteiger partial charge in [-0.05, 0) is 38.2 Å². The predicted molar refractivity (Wildman–Crippen MR) is 63.2 cm³/mol. The molecule has 0 aliphatic heterocycles. The summed E-state index contributed by atoms with van der Waals surface area (Å²) in [6, 6.07) is 0. The summed E-state index contributed by atoms with van der Waals surface area (Å²) in [5.74, 6) is 0. The maximum Gasteiger partial charge on any atom is 0.0659 e. The third-order valence-corrected chi connectivity index (χ3v) is 3.23. The fraction of sp³-hybridized carbons (Fsp3) is 0.769. The van der Waals surface area contributed by atoms with Crippen molar-refractivity contribution < 1.29 is 0 Å². The van der Waals surface area contributed by atoms with Gasteiger partial charge in [-0.25, -0.2) is 0 Å². The smallest absolute Gasteiger partial charge is 0.0659 e. The summed E-state index contributed by atoms with van der Waals surface area (Å²) in [6.07, 6.45) is 5.08. The van der Waals surface area contributed by atoms with Crippen LogP contribution in [0, 0.1) is 0 Å². The highest BCUT2D eigenvalue weighted by atomic mass is 15.3. The second-order valence-electron chi connectivity index (χ2n) is 5.55. The summed E-state index contributed by atoms with van der Waals surface area (Å²) < 4.78 is 2.22. The van der Waals surface area contributed by atoms with Crippen LogP contribution in [0.4, 0.5) is 0 Å². The average molecular weight is 206 g/mol. The first-order valence-electron chi connectivity index (χ1n) is 6.13. The summed E-state index contributed by atoms with van der Waals surface area (Å²) in [7, 11) is 0. The number of fused-ring (bicyclic) bond motifs is 1. The number of aryl methyl sites for hydroxylation is 2. The van der Waals surface area contributed by atoms with E-state index >= 15 is 0 Å². The Kier molecular flexibility index (Phi) is 2.61. The van der Waals surface area contributed by atoms with Crippen molar-refractivity contribution >= 4 is 0 Å². The molecule has 2 rings (SSSR count). The van der Waals surface area contributed by atoms with Crippen LogP contribution >= 0.6 is 0 Å². The maximum atomic E-state index is 4.75. The van der Waals surface area contributed by atoms with E-state index in [0.29, 0.717) is 0 Å². The molecule has 0 unspecified atom stereocenters. The summed E-state index contributed by atoms with van der Waals surface area (Å²) in [5.41, 5.74) is 4.62. The van der Waals surface area contributed by atoms with E-state index in [2.05, 4.69) is 32.4 Å². The Morgan fingerprint density at radius 3 is 2.47 bits per heavy atom. The molecular formula is C13H22N2. The van der Waals surface area contributed by atoms with E-state index in [1.54, 1.807) is 5.56 Å². The molecule has 1 aliphatic carbocycles. The molecule has 84 valence electrons. The lowest BCUT2D eigenvalue weighted by molar-refractivity contribution is 0.493. The van der Waals surface area contributed by atoms with Crippen LogP contribution in [0.1, 0.15) is 57.5 Å². The molecule has 0 N–H and O–H groups in total. The second kappa shape index (κ2) is 3.66. The van der Waals surface area contributed by atoms with Crippen molar-refractivity contribution in [2.75, 3.05) is 0 Å². The van der Waals surface area contributed by atoms with E-state index in [-0.39, 0.29) is 5.41 Å². The summed E-state index contributed by atoms with van der Waals surface area (Å²) in [4.78, 5) is 0. The van der Waals surface area contributed by atoms with Crippen LogP contribution in [-0.4, -0.2) is 9.78 Å². The Labute approximate surface area is 92.7 Å². The van der Waals surface area contributed by atoms with Gasteiger partial charge in [-0.15, -0.1) is 0 Å². The lowest BCUT2D eigenvalue weighted by Gasteiger charge is -2.23. The van der Waals surface area contributed by atoms with Crippen molar-refractivity contribution in [3.05, 3.63) is 17.0 Å². The van der Waals surface area contributed by atoms with E-state index in [0.717, 1.165) is 6.54 Å². The minimum absolute atomic E-state index is 0.230. The number of aromatic nitrogens is 2. The molecule has 0 spiro atoms. The van der Waals surface area contributed by atoms with Gasteiger partial charge in [0.05, 0.1) is 5.69 Å². The molecule has 0 saturated heterocycles. The predicted octanol–water partition coefficient (Wildman–Crippen LogP) is 3.08. The summed E-state index contributed by atoms with van der Waals surface area (Å²) >= 11 is 0. The third kappa shape index (κ3) is 1.82. The average Bonchev–Trinajstić information content (AvgIpc) is 2.54. The number of rotatable bonds is 1. The molecule has 1 heterocycles. The van der Waals surface area contributed by atoms with Crippen LogP contribution in [0.3, 0.4) is 0 Å². The normalized spacial score (nSPS) is 16.5. The first kappa shape index (κ1) is 10.7. The van der Waals surface area contributed by atoms with E-state index < -0.39 is 0 Å². The van der Waals surface area contributed by atoms with Crippen LogP contribution in [-0.2, 0) is 24.8 Å². The molecule has 15 heavy (non-hydrogen) atoms. The molecule has 0 amide bonds. The standard InChI is InChI=1S/C13H22N2/c1-5-15-12(13(2,3)4)10-8-6-7-9-11(10)14-15/h5-9H2,1-4H3. The van der Waals surface area contributed by atoms with Gasteiger partial charge in [0.1, 0.15) is 0 Å². The minimum atomic E-state index is 0.230. The first-order valence-corrected chi connectivity index (χ1v) is 6.13. The van der Waals surface area contributed by atoms with Gasteiger partial charge in [0.2, 0.25) is 0 Å². The fourth-order valence-electron chi connectivity index (χ4n) is 2.67. The summed E-state index contributed by atoms with van der Waals surface area (Å²) in [6.45, 7) is 10.1. The molecule has 1 aromatic heterocycles. The van der Waals surface area contributed by atoms with Crippen LogP contribution in [0.5, 0.6) is 0 Å². The molecule has 1 aromatic rings. The van der Waals surface area contributed by atoms with E-state index in [4.69, 9.17) is 5.10 Å². The van der Waals surface area contributed by atoms with Crippen LogP contribution in [0.2, 0.25) is 0 Å². The van der Waals surface area contributed by atoms with Crippen molar-refractivity contribution in [1.82, 2.24) is 9.78 Å². The monoisotopic (exact) mass is 206 g/mol. The van der Waals surface area contributed by atoms with Gasteiger partial charge < -0.3 is 0 Å². The molecule has 1 aliphatic rings. The van der Waals surface area contributed by atoms with Gasteiger partial charge in [-0.2, -0.15) is 5.10 Å². The molecule has 0 fully saturated rings. The topological polar surface area (TPSA) is 17.8 Å². The molecule has 0 aromatic carbocycles. The van der Waals surface area contributed by atoms with Crippen LogP contribution in [0.25, 0.3) is 0 Å². The minimum Gasteiger partial charge on any atom is -0.269 e. The molecular weight excluding hydrogens is 184 g/mol. The quantitative estimate of drug-likeness (QED) is 0.690. The van der Waals surface area contributed by atoms with Gasteiger partial charge in [0.15, 0.2) is 0 Å². The van der Waals surface area contributed by atoms with Crippen molar-refractivity contribution in [2.45, 2.75) is 65.3 Å². The van der Waals surface area contributed by atoms with E-state index in [1.807, 2.05) is 0 Å². The molecule has 2 heteroatoms. The van der Waals surface area contributed by atoms with Gasteiger partial charge in [0.25, 0.3) is 0 Å². The van der Waals surface area contributed by atoms with Crippen molar-refractivity contribution in [3.63, 3.8) is 0 Å². The first-order chi connectivity index (χ1) is 7.04. The second-order valence-corrected chi connectivity index (χ2v) is 5.55. The number of hydrogen-bond acceptors (Lipinski definition) is 1. The largest absolute Gasteiger partial charge is 0.269 e. The molecule has 0 bridgehead atoms. The van der Waals surface area contributed by atoms with Gasteiger partial charge in [-0.3, -0.25) is 4.68 Å². The van der Waals surface area contributed by atoms with Crippen molar-refractivity contribution in [2.24, 2.45) is 0 Å². The highest BCUT2D eigenvalue weighted by Gasteiger charge is 2.27. The molecule has 0 radical (unpaired) electrons. The Balaban J connectivity index is 2.54. The number of nitrogens with zero attached hydrogens (tertiary/aromatic N) is 2. The van der Waals surface area contributed by atoms with Crippen molar-refractivity contribution in [3.8, 4) is 0 Å². The SMILES string of the molecule is CCn1nc2c(c1C(C)(C)C)CCCC2. The lowest BCUT2D eigenvalue weighted by Crippen LogP contribution is -2.20. The van der Waals surface area contributed by atoms with Crippen molar-refractivity contribution in [1.29, 1.82) is 0 Å². The van der Waals surface area contributed by atoms with E-state index in [1.165, 1.54) is 37.1 Å². The molecule has 0 saturated carbocycles.